The van der Waals surface area contributed by atoms with Gasteiger partial charge in [-0.05, 0) is 43.4 Å². The van der Waals surface area contributed by atoms with Crippen LogP contribution in [0.3, 0.4) is 0 Å². The van der Waals surface area contributed by atoms with E-state index in [2.05, 4.69) is 73.8 Å². The molecule has 1 heteroatoms. The van der Waals surface area contributed by atoms with Gasteiger partial charge in [0.15, 0.2) is 0 Å². The maximum Gasteiger partial charge on any atom is 0.0553 e. The summed E-state index contributed by atoms with van der Waals surface area (Å²) in [5.41, 5.74) is 6.86. The van der Waals surface area contributed by atoms with E-state index in [0.717, 1.165) is 0 Å². The summed E-state index contributed by atoms with van der Waals surface area (Å²) in [6, 6.07) is 16.2. The Morgan fingerprint density at radius 2 is 1.71 bits per heavy atom. The first-order valence-electron chi connectivity index (χ1n) is 7.83. The van der Waals surface area contributed by atoms with Crippen molar-refractivity contribution < 1.29 is 0 Å². The predicted octanol–water partition coefficient (Wildman–Crippen LogP) is 5.13. The minimum Gasteiger partial charge on any atom is -0.378 e. The molecule has 2 aliphatic rings. The molecule has 1 N–H and O–H groups in total. The highest BCUT2D eigenvalue weighted by Crippen LogP contribution is 2.49. The van der Waals surface area contributed by atoms with Gasteiger partial charge in [-0.25, -0.2) is 0 Å². The Kier molecular flexibility index (Phi) is 2.88. The van der Waals surface area contributed by atoms with Gasteiger partial charge in [0.2, 0.25) is 0 Å². The number of anilines is 1. The zero-order valence-electron chi connectivity index (χ0n) is 12.6. The van der Waals surface area contributed by atoms with Gasteiger partial charge >= 0.3 is 0 Å². The van der Waals surface area contributed by atoms with Crippen LogP contribution in [0.4, 0.5) is 5.69 Å². The average molecular weight is 275 g/mol. The number of rotatable bonds is 1. The Morgan fingerprint density at radius 1 is 0.952 bits per heavy atom. The summed E-state index contributed by atoms with van der Waals surface area (Å²) in [4.78, 5) is 0. The third kappa shape index (κ3) is 2.08. The minimum atomic E-state index is 0.417. The average Bonchev–Trinajstić information content (AvgIpc) is 2.97. The van der Waals surface area contributed by atoms with Crippen LogP contribution in [0.5, 0.6) is 0 Å². The molecule has 0 unspecified atom stereocenters. The molecule has 21 heavy (non-hydrogen) atoms. The maximum atomic E-state index is 3.79. The third-order valence-corrected chi connectivity index (χ3v) is 4.95. The molecule has 1 aliphatic carbocycles. The molecule has 0 fully saturated rings. The molecule has 1 aliphatic heterocycles. The normalized spacial score (nSPS) is 26.1. The molecule has 2 aromatic carbocycles. The van der Waals surface area contributed by atoms with Crippen LogP contribution in [0.25, 0.3) is 0 Å². The van der Waals surface area contributed by atoms with Gasteiger partial charge in [0.05, 0.1) is 6.04 Å². The van der Waals surface area contributed by atoms with Crippen molar-refractivity contribution in [2.75, 3.05) is 5.32 Å². The molecule has 0 bridgehead atoms. The van der Waals surface area contributed by atoms with Gasteiger partial charge in [0, 0.05) is 11.6 Å². The molecular formula is C20H21N. The lowest BCUT2D eigenvalue weighted by Gasteiger charge is -2.37. The summed E-state index contributed by atoms with van der Waals surface area (Å²) in [6.45, 7) is 4.33. The largest absolute Gasteiger partial charge is 0.378 e. The van der Waals surface area contributed by atoms with E-state index >= 15 is 0 Å². The van der Waals surface area contributed by atoms with Gasteiger partial charge in [0.1, 0.15) is 0 Å². The number of hydrogen-bond donors (Lipinski definition) is 1. The van der Waals surface area contributed by atoms with E-state index < -0.39 is 0 Å². The van der Waals surface area contributed by atoms with Crippen molar-refractivity contribution in [1.82, 2.24) is 0 Å². The number of nitrogens with one attached hydrogen (secondary N) is 1. The van der Waals surface area contributed by atoms with Crippen LogP contribution >= 0.6 is 0 Å². The van der Waals surface area contributed by atoms with Crippen molar-refractivity contribution in [2.45, 2.75) is 32.2 Å². The van der Waals surface area contributed by atoms with Gasteiger partial charge in [0.25, 0.3) is 0 Å². The molecule has 4 rings (SSSR count). The van der Waals surface area contributed by atoms with Gasteiger partial charge < -0.3 is 5.32 Å². The monoisotopic (exact) mass is 275 g/mol. The smallest absolute Gasteiger partial charge is 0.0553 e. The van der Waals surface area contributed by atoms with Crippen LogP contribution in [0.2, 0.25) is 0 Å². The molecule has 0 saturated carbocycles. The van der Waals surface area contributed by atoms with E-state index in [1.165, 1.54) is 34.4 Å². The summed E-state index contributed by atoms with van der Waals surface area (Å²) >= 11 is 0. The molecule has 1 nitrogen and oxygen atoms in total. The molecule has 0 aromatic heterocycles. The van der Waals surface area contributed by atoms with E-state index in [1.807, 2.05) is 0 Å². The lowest BCUT2D eigenvalue weighted by atomic mass is 9.76. The zero-order valence-corrected chi connectivity index (χ0v) is 12.6. The third-order valence-electron chi connectivity index (χ3n) is 4.95. The second-order valence-corrected chi connectivity index (χ2v) is 6.48. The van der Waals surface area contributed by atoms with Crippen LogP contribution in [0.15, 0.2) is 54.6 Å². The number of aryl methyl sites for hydroxylation is 2. The molecule has 0 spiro atoms. The number of hydrogen-bond acceptors (Lipinski definition) is 1. The molecule has 0 saturated heterocycles. The highest BCUT2D eigenvalue weighted by atomic mass is 15.0. The zero-order chi connectivity index (χ0) is 14.4. The van der Waals surface area contributed by atoms with E-state index in [0.29, 0.717) is 17.9 Å². The highest BCUT2D eigenvalue weighted by molar-refractivity contribution is 5.60. The fraction of sp³-hybridized carbons (Fsp3) is 0.300. The van der Waals surface area contributed by atoms with Gasteiger partial charge in [-0.3, -0.25) is 0 Å². The van der Waals surface area contributed by atoms with Crippen molar-refractivity contribution in [1.29, 1.82) is 0 Å². The molecule has 106 valence electrons. The molecule has 0 radical (unpaired) electrons. The first-order chi connectivity index (χ1) is 10.2. The molecule has 2 aromatic rings. The molecule has 1 heterocycles. The topological polar surface area (TPSA) is 12.0 Å². The molecule has 0 amide bonds. The van der Waals surface area contributed by atoms with Gasteiger partial charge in [-0.2, -0.15) is 0 Å². The van der Waals surface area contributed by atoms with Crippen LogP contribution in [-0.2, 0) is 0 Å². The standard InChI is InChI=1S/C20H21N/c1-13-6-9-15(10-7-13)20-17-5-3-4-16(17)18-12-14(2)8-11-19(18)21-20/h3-4,6-12,16-17,20-21H,5H2,1-2H3/t16-,17+,20+/m0/s1. The van der Waals surface area contributed by atoms with Crippen LogP contribution in [0, 0.1) is 19.8 Å². The second-order valence-electron chi connectivity index (χ2n) is 6.48. The number of allylic oxidation sites excluding steroid dienone is 2. The van der Waals surface area contributed by atoms with Crippen molar-refractivity contribution in [3.63, 3.8) is 0 Å². The summed E-state index contributed by atoms with van der Waals surface area (Å²) in [5.74, 6) is 1.20. The maximum absolute atomic E-state index is 3.79. The van der Waals surface area contributed by atoms with E-state index in [9.17, 15) is 0 Å². The van der Waals surface area contributed by atoms with Crippen molar-refractivity contribution in [3.8, 4) is 0 Å². The summed E-state index contributed by atoms with van der Waals surface area (Å²) in [5, 5.41) is 3.79. The van der Waals surface area contributed by atoms with Crippen molar-refractivity contribution in [3.05, 3.63) is 76.9 Å². The molecular weight excluding hydrogens is 254 g/mol. The van der Waals surface area contributed by atoms with Crippen LogP contribution in [-0.4, -0.2) is 0 Å². The van der Waals surface area contributed by atoms with Crippen LogP contribution < -0.4 is 5.32 Å². The lowest BCUT2D eigenvalue weighted by Crippen LogP contribution is -2.29. The Hall–Kier alpha value is -2.02. The van der Waals surface area contributed by atoms with Crippen LogP contribution in [0.1, 0.15) is 40.6 Å². The van der Waals surface area contributed by atoms with Crippen molar-refractivity contribution in [2.24, 2.45) is 5.92 Å². The Labute approximate surface area is 126 Å². The first-order valence-corrected chi connectivity index (χ1v) is 7.83. The fourth-order valence-electron chi connectivity index (χ4n) is 3.82. The fourth-order valence-corrected chi connectivity index (χ4v) is 3.82. The quantitative estimate of drug-likeness (QED) is 0.711. The van der Waals surface area contributed by atoms with E-state index in [1.54, 1.807) is 0 Å². The first kappa shape index (κ1) is 12.7. The highest BCUT2D eigenvalue weighted by Gasteiger charge is 2.37. The number of benzene rings is 2. The SMILES string of the molecule is Cc1ccc([C@H]2Nc3ccc(C)cc3[C@H]3C=CC[C@H]32)cc1. The van der Waals surface area contributed by atoms with Gasteiger partial charge in [-0.1, -0.05) is 59.7 Å². The summed E-state index contributed by atoms with van der Waals surface area (Å²) in [6.07, 6.45) is 5.93. The Morgan fingerprint density at radius 3 is 2.52 bits per heavy atom. The van der Waals surface area contributed by atoms with E-state index in [4.69, 9.17) is 0 Å². The van der Waals surface area contributed by atoms with Crippen molar-refractivity contribution >= 4 is 5.69 Å². The summed E-state index contributed by atoms with van der Waals surface area (Å²) < 4.78 is 0. The lowest BCUT2D eigenvalue weighted by molar-refractivity contribution is 0.425. The van der Waals surface area contributed by atoms with Gasteiger partial charge in [-0.15, -0.1) is 0 Å². The predicted molar refractivity (Wildman–Crippen MR) is 88.7 cm³/mol. The number of fused-ring (bicyclic) bond motifs is 3. The summed E-state index contributed by atoms with van der Waals surface area (Å²) in [7, 11) is 0. The Bertz CT molecular complexity index is 696. The minimum absolute atomic E-state index is 0.417. The van der Waals surface area contributed by atoms with E-state index in [-0.39, 0.29) is 0 Å². The Balaban J connectivity index is 1.78. The second kappa shape index (κ2) is 4.77. The molecule has 3 atom stereocenters.